The average Bonchev–Trinajstić information content (AvgIpc) is 2.17. The first-order chi connectivity index (χ1) is 6.68. The molecule has 0 amide bonds. The third-order valence-corrected chi connectivity index (χ3v) is 2.04. The van der Waals surface area contributed by atoms with Gasteiger partial charge in [-0.1, -0.05) is 24.3 Å². The van der Waals surface area contributed by atoms with Gasteiger partial charge in [-0.25, -0.2) is 0 Å². The third kappa shape index (κ3) is 1.26. The molecule has 0 saturated heterocycles. The quantitative estimate of drug-likeness (QED) is 0.553. The highest BCUT2D eigenvalue weighted by Gasteiger charge is 2.09. The second-order valence-electron chi connectivity index (χ2n) is 2.94. The van der Waals surface area contributed by atoms with Gasteiger partial charge in [-0.2, -0.15) is 0 Å². The van der Waals surface area contributed by atoms with Crippen molar-refractivity contribution in [1.82, 2.24) is 0 Å². The summed E-state index contributed by atoms with van der Waals surface area (Å²) in [4.78, 5) is 9.97. The Morgan fingerprint density at radius 1 is 1.21 bits per heavy atom. The van der Waals surface area contributed by atoms with Crippen molar-refractivity contribution in [1.29, 1.82) is 0 Å². The standard InChI is InChI=1S/C10H7NO3/c12-10-6-8(11(13)14)5-7-3-1-2-4-9(7)10/h1-6,12H. The Morgan fingerprint density at radius 3 is 2.64 bits per heavy atom. The van der Waals surface area contributed by atoms with E-state index < -0.39 is 4.92 Å². The molecule has 0 aliphatic rings. The van der Waals surface area contributed by atoms with Gasteiger partial charge >= 0.3 is 0 Å². The molecule has 1 N–H and O–H groups in total. The van der Waals surface area contributed by atoms with Crippen molar-refractivity contribution in [2.45, 2.75) is 0 Å². The summed E-state index contributed by atoms with van der Waals surface area (Å²) in [5.74, 6) is -0.0604. The van der Waals surface area contributed by atoms with Crippen molar-refractivity contribution >= 4 is 16.5 Å². The van der Waals surface area contributed by atoms with E-state index in [4.69, 9.17) is 0 Å². The van der Waals surface area contributed by atoms with Crippen LogP contribution in [0.4, 0.5) is 5.69 Å². The van der Waals surface area contributed by atoms with Gasteiger partial charge in [-0.15, -0.1) is 0 Å². The number of phenolic OH excluding ortho intramolecular Hbond substituents is 1. The van der Waals surface area contributed by atoms with Crippen molar-refractivity contribution in [2.24, 2.45) is 0 Å². The normalized spacial score (nSPS) is 10.3. The lowest BCUT2D eigenvalue weighted by Gasteiger charge is -2.00. The van der Waals surface area contributed by atoms with E-state index in [1.54, 1.807) is 24.3 Å². The zero-order chi connectivity index (χ0) is 10.1. The highest BCUT2D eigenvalue weighted by atomic mass is 16.6. The molecule has 2 aromatic rings. The van der Waals surface area contributed by atoms with Crippen LogP contribution in [-0.2, 0) is 0 Å². The number of non-ortho nitro benzene ring substituents is 1. The Kier molecular flexibility index (Phi) is 1.81. The first-order valence-electron chi connectivity index (χ1n) is 4.04. The summed E-state index contributed by atoms with van der Waals surface area (Å²) in [5.41, 5.74) is -0.0961. The molecule has 2 aromatic carbocycles. The Balaban J connectivity index is 2.78. The molecule has 0 atom stereocenters. The summed E-state index contributed by atoms with van der Waals surface area (Å²) >= 11 is 0. The van der Waals surface area contributed by atoms with E-state index in [0.29, 0.717) is 10.8 Å². The molecular weight excluding hydrogens is 182 g/mol. The molecule has 0 radical (unpaired) electrons. The number of fused-ring (bicyclic) bond motifs is 1. The summed E-state index contributed by atoms with van der Waals surface area (Å²) in [6.45, 7) is 0. The van der Waals surface area contributed by atoms with Crippen LogP contribution in [0.1, 0.15) is 0 Å². The average molecular weight is 189 g/mol. The Bertz CT molecular complexity index is 508. The predicted molar refractivity (Wildman–Crippen MR) is 52.3 cm³/mol. The van der Waals surface area contributed by atoms with Gasteiger partial charge in [-0.05, 0) is 5.39 Å². The van der Waals surface area contributed by atoms with Crippen molar-refractivity contribution < 1.29 is 10.0 Å². The van der Waals surface area contributed by atoms with Gasteiger partial charge < -0.3 is 5.11 Å². The molecular formula is C10H7NO3. The highest BCUT2D eigenvalue weighted by Crippen LogP contribution is 2.29. The van der Waals surface area contributed by atoms with Gasteiger partial charge in [-0.3, -0.25) is 10.1 Å². The number of nitro groups is 1. The fourth-order valence-corrected chi connectivity index (χ4v) is 1.38. The first kappa shape index (κ1) is 8.50. The SMILES string of the molecule is O=[N+]([O-])c1cc(O)c2ccccc2c1. The first-order valence-corrected chi connectivity index (χ1v) is 4.04. The number of aromatic hydroxyl groups is 1. The van der Waals surface area contributed by atoms with Crippen molar-refractivity contribution in [3.8, 4) is 5.75 Å². The smallest absolute Gasteiger partial charge is 0.273 e. The van der Waals surface area contributed by atoms with Crippen LogP contribution in [0.2, 0.25) is 0 Å². The molecule has 70 valence electrons. The van der Waals surface area contributed by atoms with Crippen LogP contribution in [-0.4, -0.2) is 10.0 Å². The van der Waals surface area contributed by atoms with E-state index in [0.717, 1.165) is 6.07 Å². The molecule has 0 aliphatic heterocycles. The molecule has 0 fully saturated rings. The lowest BCUT2D eigenvalue weighted by molar-refractivity contribution is -0.384. The summed E-state index contributed by atoms with van der Waals surface area (Å²) in [6, 6.07) is 9.58. The predicted octanol–water partition coefficient (Wildman–Crippen LogP) is 2.45. The van der Waals surface area contributed by atoms with Crippen LogP contribution in [0.25, 0.3) is 10.8 Å². The summed E-state index contributed by atoms with van der Waals surface area (Å²) < 4.78 is 0. The summed E-state index contributed by atoms with van der Waals surface area (Å²) in [5, 5.41) is 21.3. The Labute approximate surface area is 79.6 Å². The minimum atomic E-state index is -0.522. The van der Waals surface area contributed by atoms with Gasteiger partial charge in [0.2, 0.25) is 0 Å². The zero-order valence-electron chi connectivity index (χ0n) is 7.18. The van der Waals surface area contributed by atoms with Crippen molar-refractivity contribution in [2.75, 3.05) is 0 Å². The van der Waals surface area contributed by atoms with Gasteiger partial charge in [0.05, 0.1) is 11.0 Å². The second-order valence-corrected chi connectivity index (χ2v) is 2.94. The maximum Gasteiger partial charge on any atom is 0.273 e. The number of nitro benzene ring substituents is 1. The number of hydrogen-bond acceptors (Lipinski definition) is 3. The number of rotatable bonds is 1. The number of nitrogens with zero attached hydrogens (tertiary/aromatic N) is 1. The molecule has 0 heterocycles. The maximum absolute atomic E-state index is 10.5. The topological polar surface area (TPSA) is 63.4 Å². The van der Waals surface area contributed by atoms with Crippen LogP contribution < -0.4 is 0 Å². The highest BCUT2D eigenvalue weighted by molar-refractivity contribution is 5.90. The van der Waals surface area contributed by atoms with Crippen molar-refractivity contribution in [3.63, 3.8) is 0 Å². The second kappa shape index (κ2) is 2.99. The molecule has 0 unspecified atom stereocenters. The van der Waals surface area contributed by atoms with E-state index >= 15 is 0 Å². The molecule has 0 aliphatic carbocycles. The van der Waals surface area contributed by atoms with Crippen LogP contribution in [0, 0.1) is 10.1 Å². The molecule has 0 aromatic heterocycles. The van der Waals surface area contributed by atoms with Gasteiger partial charge in [0.15, 0.2) is 0 Å². The van der Waals surface area contributed by atoms with Gasteiger partial charge in [0, 0.05) is 11.5 Å². The van der Waals surface area contributed by atoms with Gasteiger partial charge in [0.25, 0.3) is 5.69 Å². The lowest BCUT2D eigenvalue weighted by Crippen LogP contribution is -1.87. The molecule has 0 saturated carbocycles. The fraction of sp³-hybridized carbons (Fsp3) is 0. The summed E-state index contributed by atoms with van der Waals surface area (Å²) in [6.07, 6.45) is 0. The molecule has 0 spiro atoms. The van der Waals surface area contributed by atoms with Crippen LogP contribution >= 0.6 is 0 Å². The molecule has 0 bridgehead atoms. The number of hydrogen-bond donors (Lipinski definition) is 1. The van der Waals surface area contributed by atoms with E-state index in [1.807, 2.05) is 0 Å². The minimum Gasteiger partial charge on any atom is -0.507 e. The number of phenols is 1. The monoisotopic (exact) mass is 189 g/mol. The van der Waals surface area contributed by atoms with E-state index in [-0.39, 0.29) is 11.4 Å². The minimum absolute atomic E-state index is 0.0604. The molecule has 2 rings (SSSR count). The van der Waals surface area contributed by atoms with Crippen LogP contribution in [0.5, 0.6) is 5.75 Å². The Hall–Kier alpha value is -2.10. The van der Waals surface area contributed by atoms with Crippen LogP contribution in [0.15, 0.2) is 36.4 Å². The third-order valence-electron chi connectivity index (χ3n) is 2.04. The Morgan fingerprint density at radius 2 is 1.93 bits per heavy atom. The fourth-order valence-electron chi connectivity index (χ4n) is 1.38. The van der Waals surface area contributed by atoms with E-state index in [1.165, 1.54) is 6.07 Å². The largest absolute Gasteiger partial charge is 0.507 e. The maximum atomic E-state index is 10.5. The zero-order valence-corrected chi connectivity index (χ0v) is 7.18. The lowest BCUT2D eigenvalue weighted by atomic mass is 10.1. The van der Waals surface area contributed by atoms with Crippen LogP contribution in [0.3, 0.4) is 0 Å². The molecule has 4 nitrogen and oxygen atoms in total. The number of benzene rings is 2. The van der Waals surface area contributed by atoms with Gasteiger partial charge in [0.1, 0.15) is 5.75 Å². The van der Waals surface area contributed by atoms with E-state index in [9.17, 15) is 15.2 Å². The molecule has 14 heavy (non-hydrogen) atoms. The summed E-state index contributed by atoms with van der Waals surface area (Å²) in [7, 11) is 0. The van der Waals surface area contributed by atoms with Crippen molar-refractivity contribution in [3.05, 3.63) is 46.5 Å². The van der Waals surface area contributed by atoms with E-state index in [2.05, 4.69) is 0 Å². The molecule has 4 heteroatoms.